The van der Waals surface area contributed by atoms with Crippen LogP contribution in [0.15, 0.2) is 28.8 Å². The quantitative estimate of drug-likeness (QED) is 0.932. The van der Waals surface area contributed by atoms with E-state index < -0.39 is 11.4 Å². The summed E-state index contributed by atoms with van der Waals surface area (Å²) >= 11 is 0. The molecule has 1 aromatic heterocycles. The molecule has 0 unspecified atom stereocenters. The molecule has 1 aromatic carbocycles. The lowest BCUT2D eigenvalue weighted by Gasteiger charge is -2.29. The molecule has 0 aliphatic heterocycles. The Morgan fingerprint density at radius 3 is 2.68 bits per heavy atom. The van der Waals surface area contributed by atoms with E-state index in [1.54, 1.807) is 18.2 Å². The van der Waals surface area contributed by atoms with Gasteiger partial charge in [-0.2, -0.15) is 4.98 Å². The molecule has 1 aliphatic carbocycles. The summed E-state index contributed by atoms with van der Waals surface area (Å²) in [5.74, 6) is 0.589. The molecule has 0 atom stereocenters. The second-order valence-electron chi connectivity index (χ2n) is 5.45. The zero-order valence-corrected chi connectivity index (χ0v) is 12.9. The number of rotatable bonds is 4. The van der Waals surface area contributed by atoms with Crippen molar-refractivity contribution in [1.29, 1.82) is 0 Å². The van der Waals surface area contributed by atoms with Crippen LogP contribution in [0.25, 0.3) is 0 Å². The second kappa shape index (κ2) is 7.07. The molecule has 120 valence electrons. The molecule has 22 heavy (non-hydrogen) atoms. The Morgan fingerprint density at radius 1 is 1.23 bits per heavy atom. The molecule has 0 saturated heterocycles. The van der Waals surface area contributed by atoms with Gasteiger partial charge in [0.25, 0.3) is 0 Å². The second-order valence-corrected chi connectivity index (χ2v) is 5.45. The Bertz CT molecular complexity index is 614. The number of aromatic nitrogens is 2. The van der Waals surface area contributed by atoms with Gasteiger partial charge in [-0.25, -0.2) is 4.39 Å². The van der Waals surface area contributed by atoms with E-state index in [9.17, 15) is 4.39 Å². The summed E-state index contributed by atoms with van der Waals surface area (Å²) in [6, 6.07) is 6.21. The Hall–Kier alpha value is -1.66. The molecule has 3 rings (SSSR count). The van der Waals surface area contributed by atoms with Crippen molar-refractivity contribution in [2.75, 3.05) is 0 Å². The lowest BCUT2D eigenvalue weighted by atomic mass is 9.82. The van der Waals surface area contributed by atoms with Crippen LogP contribution in [0.5, 0.6) is 5.75 Å². The van der Waals surface area contributed by atoms with Crippen LogP contribution in [0.3, 0.4) is 0 Å². The summed E-state index contributed by atoms with van der Waals surface area (Å²) in [4.78, 5) is 4.30. The monoisotopic (exact) mass is 327 g/mol. The summed E-state index contributed by atoms with van der Waals surface area (Å²) < 4.78 is 24.1. The van der Waals surface area contributed by atoms with Crippen LogP contribution in [-0.4, -0.2) is 10.1 Å². The zero-order valence-electron chi connectivity index (χ0n) is 12.1. The van der Waals surface area contributed by atoms with Crippen LogP contribution < -0.4 is 10.5 Å². The number of benzene rings is 1. The number of nitrogens with zero attached hydrogens (tertiary/aromatic N) is 2. The molecule has 2 aromatic rings. The maximum atomic E-state index is 13.4. The van der Waals surface area contributed by atoms with Crippen molar-refractivity contribution < 1.29 is 13.7 Å². The van der Waals surface area contributed by atoms with Crippen molar-refractivity contribution in [3.8, 4) is 5.75 Å². The normalized spacial score (nSPS) is 16.8. The summed E-state index contributed by atoms with van der Waals surface area (Å²) in [5, 5.41) is 3.87. The highest BCUT2D eigenvalue weighted by molar-refractivity contribution is 5.85. The van der Waals surface area contributed by atoms with Crippen molar-refractivity contribution in [3.63, 3.8) is 0 Å². The number of nitrogens with two attached hydrogens (primary N) is 1. The van der Waals surface area contributed by atoms with E-state index in [1.165, 1.54) is 12.5 Å². The highest BCUT2D eigenvalue weighted by Gasteiger charge is 2.35. The van der Waals surface area contributed by atoms with Gasteiger partial charge < -0.3 is 15.0 Å². The van der Waals surface area contributed by atoms with Crippen LogP contribution in [0.4, 0.5) is 4.39 Å². The first-order valence-electron chi connectivity index (χ1n) is 7.17. The molecule has 2 N–H and O–H groups in total. The molecule has 0 amide bonds. The first-order chi connectivity index (χ1) is 10.2. The molecule has 1 aliphatic rings. The molecule has 1 fully saturated rings. The largest absolute Gasteiger partial charge is 0.482 e. The SMILES string of the molecule is Cl.NC1(c2nc(COc3ccccc3F)no2)CCCCC1. The number of para-hydroxylation sites is 1. The lowest BCUT2D eigenvalue weighted by molar-refractivity contribution is 0.218. The van der Waals surface area contributed by atoms with Gasteiger partial charge in [-0.1, -0.05) is 36.6 Å². The maximum Gasteiger partial charge on any atom is 0.246 e. The first-order valence-corrected chi connectivity index (χ1v) is 7.17. The fourth-order valence-electron chi connectivity index (χ4n) is 2.62. The van der Waals surface area contributed by atoms with E-state index >= 15 is 0 Å². The Labute approximate surface area is 134 Å². The summed E-state index contributed by atoms with van der Waals surface area (Å²) in [7, 11) is 0. The average molecular weight is 328 g/mol. The number of ether oxygens (including phenoxy) is 1. The van der Waals surface area contributed by atoms with Crippen molar-refractivity contribution in [1.82, 2.24) is 10.1 Å². The highest BCUT2D eigenvalue weighted by atomic mass is 35.5. The standard InChI is InChI=1S/C15H18FN3O2.ClH/c16-11-6-2-3-7-12(11)20-10-13-18-14(21-19-13)15(17)8-4-1-5-9-15;/h2-3,6-7H,1,4-5,8-10,17H2;1H. The van der Waals surface area contributed by atoms with Crippen LogP contribution >= 0.6 is 12.4 Å². The average Bonchev–Trinajstić information content (AvgIpc) is 2.97. The summed E-state index contributed by atoms with van der Waals surface area (Å²) in [5.41, 5.74) is 5.80. The van der Waals surface area contributed by atoms with E-state index in [2.05, 4.69) is 10.1 Å². The molecule has 7 heteroatoms. The van der Waals surface area contributed by atoms with E-state index in [1.807, 2.05) is 0 Å². The van der Waals surface area contributed by atoms with Gasteiger partial charge >= 0.3 is 0 Å². The molecule has 5 nitrogen and oxygen atoms in total. The van der Waals surface area contributed by atoms with Crippen LogP contribution in [0.1, 0.15) is 43.8 Å². The van der Waals surface area contributed by atoms with Gasteiger partial charge in [0, 0.05) is 0 Å². The van der Waals surface area contributed by atoms with Gasteiger partial charge in [-0.15, -0.1) is 12.4 Å². The maximum absolute atomic E-state index is 13.4. The number of hydrogen-bond donors (Lipinski definition) is 1. The molecule has 0 spiro atoms. The van der Waals surface area contributed by atoms with Crippen LogP contribution in [0, 0.1) is 5.82 Å². The van der Waals surface area contributed by atoms with E-state index in [-0.39, 0.29) is 24.8 Å². The van der Waals surface area contributed by atoms with Gasteiger partial charge in [0.1, 0.15) is 0 Å². The Kier molecular flexibility index (Phi) is 5.37. The zero-order chi connectivity index (χ0) is 14.7. The topological polar surface area (TPSA) is 74.2 Å². The van der Waals surface area contributed by atoms with Gasteiger partial charge in [0.15, 0.2) is 18.2 Å². The summed E-state index contributed by atoms with van der Waals surface area (Å²) in [6.45, 7) is 0.0561. The van der Waals surface area contributed by atoms with Crippen LogP contribution in [0.2, 0.25) is 0 Å². The van der Waals surface area contributed by atoms with E-state index in [0.717, 1.165) is 25.7 Å². The van der Waals surface area contributed by atoms with Crippen molar-refractivity contribution in [3.05, 3.63) is 41.8 Å². The first kappa shape index (κ1) is 16.7. The number of hydrogen-bond acceptors (Lipinski definition) is 5. The van der Waals surface area contributed by atoms with E-state index in [4.69, 9.17) is 15.0 Å². The minimum absolute atomic E-state index is 0. The lowest BCUT2D eigenvalue weighted by Crippen LogP contribution is -2.39. The Morgan fingerprint density at radius 2 is 1.95 bits per heavy atom. The third-order valence-electron chi connectivity index (χ3n) is 3.83. The van der Waals surface area contributed by atoms with Crippen LogP contribution in [-0.2, 0) is 12.1 Å². The highest BCUT2D eigenvalue weighted by Crippen LogP contribution is 2.33. The molecule has 0 bridgehead atoms. The van der Waals surface area contributed by atoms with Crippen molar-refractivity contribution in [2.24, 2.45) is 5.73 Å². The molecular weight excluding hydrogens is 309 g/mol. The van der Waals surface area contributed by atoms with Gasteiger partial charge in [0.2, 0.25) is 11.7 Å². The fraction of sp³-hybridized carbons (Fsp3) is 0.467. The number of halogens is 2. The van der Waals surface area contributed by atoms with E-state index in [0.29, 0.717) is 11.7 Å². The molecule has 1 heterocycles. The predicted molar refractivity (Wildman–Crippen MR) is 81.2 cm³/mol. The Balaban J connectivity index is 0.00000176. The molecule has 1 saturated carbocycles. The molecular formula is C15H19ClFN3O2. The van der Waals surface area contributed by atoms with Gasteiger partial charge in [0.05, 0.1) is 5.54 Å². The van der Waals surface area contributed by atoms with Crippen molar-refractivity contribution >= 4 is 12.4 Å². The predicted octanol–water partition coefficient (Wildman–Crippen LogP) is 3.33. The summed E-state index contributed by atoms with van der Waals surface area (Å²) in [6.07, 6.45) is 5.03. The third-order valence-corrected chi connectivity index (χ3v) is 3.83. The minimum atomic E-state index is -0.526. The van der Waals surface area contributed by atoms with Gasteiger partial charge in [-0.05, 0) is 25.0 Å². The fourth-order valence-corrected chi connectivity index (χ4v) is 2.62. The third kappa shape index (κ3) is 3.56. The molecule has 0 radical (unpaired) electrons. The minimum Gasteiger partial charge on any atom is -0.482 e. The smallest absolute Gasteiger partial charge is 0.246 e. The van der Waals surface area contributed by atoms with Gasteiger partial charge in [-0.3, -0.25) is 0 Å². The van der Waals surface area contributed by atoms with Crippen molar-refractivity contribution in [2.45, 2.75) is 44.2 Å².